The molecule has 0 spiro atoms. The molecule has 1 heterocycles. The van der Waals surface area contributed by atoms with Crippen LogP contribution in [0, 0.1) is 0 Å². The lowest BCUT2D eigenvalue weighted by molar-refractivity contribution is 0.0996. The molecule has 126 valence electrons. The molecule has 0 aliphatic rings. The van der Waals surface area contributed by atoms with Crippen molar-refractivity contribution >= 4 is 40.6 Å². The molecule has 3 aromatic rings. The highest BCUT2D eigenvalue weighted by Gasteiger charge is 2.09. The van der Waals surface area contributed by atoms with Gasteiger partial charge < -0.3 is 20.4 Å². The van der Waals surface area contributed by atoms with E-state index in [4.69, 9.17) is 16.0 Å². The summed E-state index contributed by atoms with van der Waals surface area (Å²) >= 11 is 5.88. The Balaban J connectivity index is 1.63. The van der Waals surface area contributed by atoms with Crippen LogP contribution in [0.25, 0.3) is 0 Å². The van der Waals surface area contributed by atoms with Crippen molar-refractivity contribution in [3.63, 3.8) is 0 Å². The van der Waals surface area contributed by atoms with Crippen molar-refractivity contribution in [2.24, 2.45) is 0 Å². The van der Waals surface area contributed by atoms with Gasteiger partial charge in [0.25, 0.3) is 5.91 Å². The average molecular weight is 356 g/mol. The van der Waals surface area contributed by atoms with Gasteiger partial charge in [-0.25, -0.2) is 4.79 Å². The Morgan fingerprint density at radius 3 is 2.08 bits per heavy atom. The van der Waals surface area contributed by atoms with Gasteiger partial charge in [0.1, 0.15) is 0 Å². The van der Waals surface area contributed by atoms with Crippen molar-refractivity contribution in [3.05, 3.63) is 77.7 Å². The van der Waals surface area contributed by atoms with Crippen molar-refractivity contribution in [1.29, 1.82) is 0 Å². The molecule has 2 aromatic carbocycles. The number of hydrogen-bond acceptors (Lipinski definition) is 3. The van der Waals surface area contributed by atoms with Crippen molar-refractivity contribution in [3.8, 4) is 0 Å². The van der Waals surface area contributed by atoms with Crippen molar-refractivity contribution in [1.82, 2.24) is 0 Å². The number of anilines is 3. The molecule has 25 heavy (non-hydrogen) atoms. The number of urea groups is 1. The molecular weight excluding hydrogens is 342 g/mol. The topological polar surface area (TPSA) is 83.4 Å². The third kappa shape index (κ3) is 4.62. The Hall–Kier alpha value is -3.25. The van der Waals surface area contributed by atoms with E-state index in [9.17, 15) is 9.59 Å². The lowest BCUT2D eigenvalue weighted by atomic mass is 10.2. The highest BCUT2D eigenvalue weighted by atomic mass is 35.5. The minimum Gasteiger partial charge on any atom is -0.459 e. The minimum absolute atomic E-state index is 0.206. The molecule has 0 atom stereocenters. The van der Waals surface area contributed by atoms with E-state index in [1.807, 2.05) is 0 Å². The molecular formula is C18H14ClN3O3. The SMILES string of the molecule is O=C(Nc1cccc(Cl)c1)Nc1cccc(NC(=O)c2ccco2)c1. The van der Waals surface area contributed by atoms with Crippen LogP contribution in [-0.2, 0) is 0 Å². The molecule has 0 radical (unpaired) electrons. The fourth-order valence-corrected chi connectivity index (χ4v) is 2.33. The second-order valence-corrected chi connectivity index (χ2v) is 5.54. The number of carbonyl (C=O) groups is 2. The van der Waals surface area contributed by atoms with Gasteiger partial charge in [0.2, 0.25) is 0 Å². The summed E-state index contributed by atoms with van der Waals surface area (Å²) in [4.78, 5) is 24.0. The van der Waals surface area contributed by atoms with Gasteiger partial charge in [-0.15, -0.1) is 0 Å². The van der Waals surface area contributed by atoms with E-state index >= 15 is 0 Å². The highest BCUT2D eigenvalue weighted by molar-refractivity contribution is 6.30. The van der Waals surface area contributed by atoms with Crippen molar-refractivity contribution in [2.75, 3.05) is 16.0 Å². The fraction of sp³-hybridized carbons (Fsp3) is 0. The lowest BCUT2D eigenvalue weighted by Crippen LogP contribution is -2.19. The highest BCUT2D eigenvalue weighted by Crippen LogP contribution is 2.18. The third-order valence-electron chi connectivity index (χ3n) is 3.21. The molecule has 0 unspecified atom stereocenters. The van der Waals surface area contributed by atoms with Gasteiger partial charge in [0, 0.05) is 22.1 Å². The van der Waals surface area contributed by atoms with Crippen LogP contribution in [0.5, 0.6) is 0 Å². The van der Waals surface area contributed by atoms with Gasteiger partial charge in [0.05, 0.1) is 6.26 Å². The summed E-state index contributed by atoms with van der Waals surface area (Å²) in [6, 6.07) is 16.4. The third-order valence-corrected chi connectivity index (χ3v) is 3.44. The average Bonchev–Trinajstić information content (AvgIpc) is 3.09. The summed E-state index contributed by atoms with van der Waals surface area (Å²) in [6.07, 6.45) is 1.42. The zero-order chi connectivity index (χ0) is 17.6. The maximum atomic E-state index is 12.0. The summed E-state index contributed by atoms with van der Waals surface area (Å²) in [7, 11) is 0. The summed E-state index contributed by atoms with van der Waals surface area (Å²) in [6.45, 7) is 0. The quantitative estimate of drug-likeness (QED) is 0.626. The Labute approximate surface area is 148 Å². The molecule has 7 heteroatoms. The van der Waals surface area contributed by atoms with Crippen LogP contribution in [0.15, 0.2) is 71.3 Å². The van der Waals surface area contributed by atoms with E-state index in [-0.39, 0.29) is 11.7 Å². The largest absolute Gasteiger partial charge is 0.459 e. The predicted octanol–water partition coefficient (Wildman–Crippen LogP) is 4.83. The Bertz CT molecular complexity index is 894. The molecule has 1 aromatic heterocycles. The number of benzene rings is 2. The molecule has 0 saturated heterocycles. The molecule has 0 saturated carbocycles. The van der Waals surface area contributed by atoms with Crippen LogP contribution in [0.3, 0.4) is 0 Å². The first-order valence-corrected chi connectivity index (χ1v) is 7.76. The first-order valence-electron chi connectivity index (χ1n) is 7.39. The predicted molar refractivity (Wildman–Crippen MR) is 97.2 cm³/mol. The van der Waals surface area contributed by atoms with Crippen LogP contribution in [0.2, 0.25) is 5.02 Å². The standard InChI is InChI=1S/C18H14ClN3O3/c19-12-4-1-5-13(10-12)21-18(24)22-15-7-2-6-14(11-15)20-17(23)16-8-3-9-25-16/h1-11H,(H,20,23)(H2,21,22,24). The van der Waals surface area contributed by atoms with E-state index in [2.05, 4.69) is 16.0 Å². The number of furan rings is 1. The Kier molecular flexibility index (Phi) is 5.01. The van der Waals surface area contributed by atoms with Gasteiger partial charge in [-0.2, -0.15) is 0 Å². The van der Waals surface area contributed by atoms with Gasteiger partial charge >= 0.3 is 6.03 Å². The van der Waals surface area contributed by atoms with E-state index < -0.39 is 6.03 Å². The summed E-state index contributed by atoms with van der Waals surface area (Å²) in [5.41, 5.74) is 1.63. The molecule has 0 fully saturated rings. The molecule has 0 bridgehead atoms. The van der Waals surface area contributed by atoms with Gasteiger partial charge in [-0.05, 0) is 48.5 Å². The number of hydrogen-bond donors (Lipinski definition) is 3. The normalized spacial score (nSPS) is 10.1. The first-order chi connectivity index (χ1) is 12.1. The molecule has 3 rings (SSSR count). The van der Waals surface area contributed by atoms with Gasteiger partial charge in [0.15, 0.2) is 5.76 Å². The second-order valence-electron chi connectivity index (χ2n) is 5.10. The van der Waals surface area contributed by atoms with E-state index in [1.54, 1.807) is 60.7 Å². The fourth-order valence-electron chi connectivity index (χ4n) is 2.13. The van der Waals surface area contributed by atoms with Crippen molar-refractivity contribution in [2.45, 2.75) is 0 Å². The molecule has 0 aliphatic carbocycles. The van der Waals surface area contributed by atoms with Crippen LogP contribution in [0.4, 0.5) is 21.9 Å². The van der Waals surface area contributed by atoms with E-state index in [0.29, 0.717) is 22.1 Å². The Morgan fingerprint density at radius 1 is 0.800 bits per heavy atom. The molecule has 3 amide bonds. The maximum absolute atomic E-state index is 12.0. The summed E-state index contributed by atoms with van der Waals surface area (Å²) in [5, 5.41) is 8.59. The van der Waals surface area contributed by atoms with Crippen LogP contribution in [-0.4, -0.2) is 11.9 Å². The maximum Gasteiger partial charge on any atom is 0.323 e. The Morgan fingerprint density at radius 2 is 1.44 bits per heavy atom. The molecule has 6 nitrogen and oxygen atoms in total. The van der Waals surface area contributed by atoms with Gasteiger partial charge in [-0.1, -0.05) is 23.7 Å². The minimum atomic E-state index is -0.420. The van der Waals surface area contributed by atoms with E-state index in [1.165, 1.54) is 6.26 Å². The molecule has 3 N–H and O–H groups in total. The summed E-state index contributed by atoms with van der Waals surface area (Å²) < 4.78 is 5.04. The lowest BCUT2D eigenvalue weighted by Gasteiger charge is -2.09. The van der Waals surface area contributed by atoms with Gasteiger partial charge in [-0.3, -0.25) is 4.79 Å². The second kappa shape index (κ2) is 7.55. The molecule has 0 aliphatic heterocycles. The zero-order valence-electron chi connectivity index (χ0n) is 13.0. The monoisotopic (exact) mass is 355 g/mol. The number of halogens is 1. The summed E-state index contributed by atoms with van der Waals surface area (Å²) in [5.74, 6) is -0.164. The smallest absolute Gasteiger partial charge is 0.323 e. The van der Waals surface area contributed by atoms with Crippen LogP contribution < -0.4 is 16.0 Å². The zero-order valence-corrected chi connectivity index (χ0v) is 13.7. The number of amides is 3. The van der Waals surface area contributed by atoms with Crippen LogP contribution in [0.1, 0.15) is 10.6 Å². The number of carbonyl (C=O) groups excluding carboxylic acids is 2. The van der Waals surface area contributed by atoms with Crippen molar-refractivity contribution < 1.29 is 14.0 Å². The van der Waals surface area contributed by atoms with E-state index in [0.717, 1.165) is 0 Å². The number of nitrogens with one attached hydrogen (secondary N) is 3. The van der Waals surface area contributed by atoms with Crippen LogP contribution >= 0.6 is 11.6 Å². The number of rotatable bonds is 4. The first kappa shape index (κ1) is 16.6.